The van der Waals surface area contributed by atoms with Gasteiger partial charge in [-0.3, -0.25) is 4.79 Å². The largest absolute Gasteiger partial charge is 0.468 e. The van der Waals surface area contributed by atoms with Gasteiger partial charge in [0.1, 0.15) is 6.54 Å². The Morgan fingerprint density at radius 2 is 2.17 bits per heavy atom. The van der Waals surface area contributed by atoms with E-state index in [0.717, 1.165) is 12.0 Å². The number of esters is 1. The first-order chi connectivity index (χ1) is 11.7. The van der Waals surface area contributed by atoms with E-state index in [0.29, 0.717) is 24.8 Å². The number of rotatable bonds is 4. The molecule has 8 nitrogen and oxygen atoms in total. The Hall–Kier alpha value is -2.90. The molecule has 1 atom stereocenters. The summed E-state index contributed by atoms with van der Waals surface area (Å²) in [4.78, 5) is 29.1. The molecule has 2 amide bonds. The number of ether oxygens (including phenoxy) is 1. The van der Waals surface area contributed by atoms with E-state index in [1.807, 2.05) is 30.3 Å². The van der Waals surface area contributed by atoms with Crippen molar-refractivity contribution in [1.82, 2.24) is 20.4 Å². The van der Waals surface area contributed by atoms with Gasteiger partial charge in [-0.2, -0.15) is 4.98 Å². The standard InChI is InChI=1S/C16H18N4O4/c1-23-13(21)9-17-16(22)20-8-7-12(10-20)14-18-15(24-19-14)11-5-3-2-4-6-11/h2-6,12H,7-10H2,1H3,(H,17,22)/t12-/m1/s1. The lowest BCUT2D eigenvalue weighted by molar-refractivity contribution is -0.139. The summed E-state index contributed by atoms with van der Waals surface area (Å²) in [5.74, 6) is 0.608. The van der Waals surface area contributed by atoms with Crippen molar-refractivity contribution in [2.45, 2.75) is 12.3 Å². The van der Waals surface area contributed by atoms with Crippen LogP contribution in [0.4, 0.5) is 4.79 Å². The first kappa shape index (κ1) is 16.0. The molecule has 24 heavy (non-hydrogen) atoms. The molecular formula is C16H18N4O4. The number of nitrogens with zero attached hydrogens (tertiary/aromatic N) is 3. The molecule has 1 fully saturated rings. The van der Waals surface area contributed by atoms with Gasteiger partial charge in [-0.15, -0.1) is 0 Å². The van der Waals surface area contributed by atoms with E-state index in [1.165, 1.54) is 7.11 Å². The maximum Gasteiger partial charge on any atom is 0.325 e. The van der Waals surface area contributed by atoms with Crippen molar-refractivity contribution < 1.29 is 18.8 Å². The lowest BCUT2D eigenvalue weighted by Crippen LogP contribution is -2.41. The molecular weight excluding hydrogens is 312 g/mol. The fraction of sp³-hybridized carbons (Fsp3) is 0.375. The fourth-order valence-corrected chi connectivity index (χ4v) is 2.59. The van der Waals surface area contributed by atoms with Crippen LogP contribution in [0.15, 0.2) is 34.9 Å². The third kappa shape index (κ3) is 3.53. The highest BCUT2D eigenvalue weighted by molar-refractivity contribution is 5.81. The Balaban J connectivity index is 1.59. The second-order valence-electron chi connectivity index (χ2n) is 5.49. The first-order valence-electron chi connectivity index (χ1n) is 7.66. The predicted molar refractivity (Wildman–Crippen MR) is 84.1 cm³/mol. The van der Waals surface area contributed by atoms with E-state index >= 15 is 0 Å². The Morgan fingerprint density at radius 3 is 2.92 bits per heavy atom. The van der Waals surface area contributed by atoms with Crippen LogP contribution in [0.5, 0.6) is 0 Å². The summed E-state index contributed by atoms with van der Waals surface area (Å²) in [5, 5.41) is 6.56. The molecule has 1 saturated heterocycles. The number of urea groups is 1. The predicted octanol–water partition coefficient (Wildman–Crippen LogP) is 1.41. The van der Waals surface area contributed by atoms with Crippen LogP contribution in [0.1, 0.15) is 18.2 Å². The number of likely N-dealkylation sites (tertiary alicyclic amines) is 1. The molecule has 2 heterocycles. The SMILES string of the molecule is COC(=O)CNC(=O)N1CC[C@@H](c2noc(-c3ccccc3)n2)C1. The molecule has 0 radical (unpaired) electrons. The second-order valence-corrected chi connectivity index (χ2v) is 5.49. The van der Waals surface area contributed by atoms with Gasteiger partial charge in [0.05, 0.1) is 7.11 Å². The van der Waals surface area contributed by atoms with Crippen LogP contribution in [0, 0.1) is 0 Å². The molecule has 0 spiro atoms. The summed E-state index contributed by atoms with van der Waals surface area (Å²) in [7, 11) is 1.28. The topological polar surface area (TPSA) is 97.6 Å². The molecule has 0 bridgehead atoms. The van der Waals surface area contributed by atoms with Crippen LogP contribution in [0.25, 0.3) is 11.5 Å². The van der Waals surface area contributed by atoms with Gasteiger partial charge < -0.3 is 19.5 Å². The Labute approximate surface area is 138 Å². The summed E-state index contributed by atoms with van der Waals surface area (Å²) < 4.78 is 9.80. The number of amides is 2. The van der Waals surface area contributed by atoms with E-state index in [9.17, 15) is 9.59 Å². The van der Waals surface area contributed by atoms with E-state index in [4.69, 9.17) is 4.52 Å². The molecule has 1 aromatic carbocycles. The number of aromatic nitrogens is 2. The van der Waals surface area contributed by atoms with Gasteiger partial charge in [-0.25, -0.2) is 4.79 Å². The minimum absolute atomic E-state index is 0.0232. The minimum atomic E-state index is -0.482. The van der Waals surface area contributed by atoms with Crippen molar-refractivity contribution in [3.8, 4) is 11.5 Å². The van der Waals surface area contributed by atoms with Gasteiger partial charge in [0.15, 0.2) is 5.82 Å². The molecule has 1 aliphatic heterocycles. The zero-order chi connectivity index (χ0) is 16.9. The van der Waals surface area contributed by atoms with Crippen molar-refractivity contribution in [2.24, 2.45) is 0 Å². The molecule has 3 rings (SSSR count). The number of methoxy groups -OCH3 is 1. The highest BCUT2D eigenvalue weighted by Gasteiger charge is 2.30. The van der Waals surface area contributed by atoms with E-state index < -0.39 is 5.97 Å². The highest BCUT2D eigenvalue weighted by Crippen LogP contribution is 2.27. The number of carbonyl (C=O) groups excluding carboxylic acids is 2. The van der Waals surface area contributed by atoms with E-state index in [-0.39, 0.29) is 18.5 Å². The first-order valence-corrected chi connectivity index (χ1v) is 7.66. The van der Waals surface area contributed by atoms with Crippen molar-refractivity contribution in [2.75, 3.05) is 26.7 Å². The van der Waals surface area contributed by atoms with Crippen molar-refractivity contribution >= 4 is 12.0 Å². The molecule has 8 heteroatoms. The van der Waals surface area contributed by atoms with Crippen LogP contribution >= 0.6 is 0 Å². The highest BCUT2D eigenvalue weighted by atomic mass is 16.5. The summed E-state index contributed by atoms with van der Waals surface area (Å²) in [6.07, 6.45) is 0.749. The molecule has 1 aliphatic rings. The molecule has 1 N–H and O–H groups in total. The van der Waals surface area contributed by atoms with Crippen molar-refractivity contribution in [3.05, 3.63) is 36.2 Å². The van der Waals surface area contributed by atoms with Gasteiger partial charge in [0, 0.05) is 24.6 Å². The smallest absolute Gasteiger partial charge is 0.325 e. The number of nitrogens with one attached hydrogen (secondary N) is 1. The lowest BCUT2D eigenvalue weighted by Gasteiger charge is -2.16. The molecule has 2 aromatic rings. The van der Waals surface area contributed by atoms with Gasteiger partial charge in [-0.05, 0) is 18.6 Å². The van der Waals surface area contributed by atoms with Crippen LogP contribution in [0.3, 0.4) is 0 Å². The lowest BCUT2D eigenvalue weighted by atomic mass is 10.1. The Morgan fingerprint density at radius 1 is 1.38 bits per heavy atom. The Bertz CT molecular complexity index is 716. The van der Waals surface area contributed by atoms with E-state index in [2.05, 4.69) is 20.2 Å². The molecule has 0 saturated carbocycles. The van der Waals surface area contributed by atoms with E-state index in [1.54, 1.807) is 4.90 Å². The number of benzene rings is 1. The minimum Gasteiger partial charge on any atom is -0.468 e. The normalized spacial score (nSPS) is 16.9. The third-order valence-electron chi connectivity index (χ3n) is 3.91. The van der Waals surface area contributed by atoms with Crippen LogP contribution in [-0.4, -0.2) is 53.8 Å². The average Bonchev–Trinajstić information content (AvgIpc) is 3.29. The second kappa shape index (κ2) is 7.12. The zero-order valence-electron chi connectivity index (χ0n) is 13.3. The van der Waals surface area contributed by atoms with Crippen molar-refractivity contribution in [3.63, 3.8) is 0 Å². The number of carbonyl (C=O) groups is 2. The van der Waals surface area contributed by atoms with Crippen LogP contribution in [0.2, 0.25) is 0 Å². The van der Waals surface area contributed by atoms with Gasteiger partial charge in [0.25, 0.3) is 5.89 Å². The third-order valence-corrected chi connectivity index (χ3v) is 3.91. The maximum atomic E-state index is 12.0. The number of hydrogen-bond acceptors (Lipinski definition) is 6. The summed E-state index contributed by atoms with van der Waals surface area (Å²) in [6, 6.07) is 9.24. The van der Waals surface area contributed by atoms with Crippen molar-refractivity contribution in [1.29, 1.82) is 0 Å². The van der Waals surface area contributed by atoms with Crippen LogP contribution < -0.4 is 5.32 Å². The molecule has 126 valence electrons. The zero-order valence-corrected chi connectivity index (χ0v) is 13.3. The average molecular weight is 330 g/mol. The van der Waals surface area contributed by atoms with Gasteiger partial charge in [-0.1, -0.05) is 23.4 Å². The van der Waals surface area contributed by atoms with Gasteiger partial charge >= 0.3 is 12.0 Å². The summed E-state index contributed by atoms with van der Waals surface area (Å²) >= 11 is 0. The maximum absolute atomic E-state index is 12.0. The number of hydrogen-bond donors (Lipinski definition) is 1. The molecule has 0 aliphatic carbocycles. The van der Waals surface area contributed by atoms with Crippen LogP contribution in [-0.2, 0) is 9.53 Å². The summed E-state index contributed by atoms with van der Waals surface area (Å²) in [6.45, 7) is 0.921. The Kier molecular flexibility index (Phi) is 4.74. The van der Waals surface area contributed by atoms with Gasteiger partial charge in [0.2, 0.25) is 0 Å². The fourth-order valence-electron chi connectivity index (χ4n) is 2.59. The molecule has 0 unspecified atom stereocenters. The monoisotopic (exact) mass is 330 g/mol. The molecule has 1 aromatic heterocycles. The summed E-state index contributed by atoms with van der Waals surface area (Å²) in [5.41, 5.74) is 0.863. The quantitative estimate of drug-likeness (QED) is 0.851.